The predicted octanol–water partition coefficient (Wildman–Crippen LogP) is 2.52. The number of hydrogen-bond donors (Lipinski definition) is 2. The quantitative estimate of drug-likeness (QED) is 0.648. The molecule has 2 aromatic rings. The molecule has 0 bridgehead atoms. The third kappa shape index (κ3) is 3.64. The van der Waals surface area contributed by atoms with Crippen molar-refractivity contribution < 1.29 is 9.13 Å². The second kappa shape index (κ2) is 6.63. The lowest BCUT2D eigenvalue weighted by Gasteiger charge is -2.09. The molecule has 0 aliphatic heterocycles. The molecule has 2 rings (SSSR count). The highest BCUT2D eigenvalue weighted by Gasteiger charge is 2.10. The number of rotatable bonds is 5. The van der Waals surface area contributed by atoms with Crippen molar-refractivity contribution in [3.05, 3.63) is 41.5 Å². The molecule has 108 valence electrons. The van der Waals surface area contributed by atoms with Gasteiger partial charge in [-0.15, -0.1) is 0 Å². The van der Waals surface area contributed by atoms with Crippen LogP contribution in [-0.4, -0.2) is 9.97 Å². The predicted molar refractivity (Wildman–Crippen MR) is 75.0 cm³/mol. The van der Waals surface area contributed by atoms with Gasteiger partial charge in [0.25, 0.3) is 0 Å². The summed E-state index contributed by atoms with van der Waals surface area (Å²) in [5, 5.41) is 8.71. The zero-order valence-electron chi connectivity index (χ0n) is 11.4. The van der Waals surface area contributed by atoms with Gasteiger partial charge in [-0.2, -0.15) is 10.2 Å². The van der Waals surface area contributed by atoms with E-state index < -0.39 is 5.82 Å². The van der Waals surface area contributed by atoms with E-state index in [-0.39, 0.29) is 17.2 Å². The molecule has 21 heavy (non-hydrogen) atoms. The molecular weight excluding hydrogens is 273 g/mol. The topological polar surface area (TPSA) is 96.9 Å². The Morgan fingerprint density at radius 3 is 2.81 bits per heavy atom. The first-order chi connectivity index (χ1) is 10.2. The Morgan fingerprint density at radius 2 is 2.19 bits per heavy atom. The fourth-order valence-corrected chi connectivity index (χ4v) is 1.70. The van der Waals surface area contributed by atoms with E-state index in [2.05, 4.69) is 15.4 Å². The van der Waals surface area contributed by atoms with Gasteiger partial charge < -0.3 is 10.2 Å². The van der Waals surface area contributed by atoms with Crippen molar-refractivity contribution in [2.24, 2.45) is 5.84 Å². The van der Waals surface area contributed by atoms with E-state index >= 15 is 0 Å². The van der Waals surface area contributed by atoms with Crippen LogP contribution in [0.15, 0.2) is 24.3 Å². The van der Waals surface area contributed by atoms with Crippen LogP contribution in [-0.2, 0) is 6.42 Å². The molecule has 0 saturated heterocycles. The van der Waals surface area contributed by atoms with E-state index in [0.717, 1.165) is 12.5 Å². The Morgan fingerprint density at radius 1 is 1.38 bits per heavy atom. The minimum atomic E-state index is -0.632. The summed E-state index contributed by atoms with van der Waals surface area (Å²) in [7, 11) is 0. The van der Waals surface area contributed by atoms with Crippen LogP contribution in [0.25, 0.3) is 0 Å². The summed E-state index contributed by atoms with van der Waals surface area (Å²) in [4.78, 5) is 8.36. The van der Waals surface area contributed by atoms with Crippen LogP contribution in [0.1, 0.15) is 24.7 Å². The Bertz CT molecular complexity index is 684. The number of nitrogens with one attached hydrogen (secondary N) is 1. The van der Waals surface area contributed by atoms with Crippen molar-refractivity contribution in [3.8, 4) is 17.7 Å². The number of nitrogens with two attached hydrogens (primary N) is 1. The van der Waals surface area contributed by atoms with Crippen LogP contribution in [0.4, 0.5) is 10.2 Å². The molecular formula is C14H14FN5O. The van der Waals surface area contributed by atoms with Crippen LogP contribution in [0.3, 0.4) is 0 Å². The van der Waals surface area contributed by atoms with Gasteiger partial charge in [0, 0.05) is 12.5 Å². The van der Waals surface area contributed by atoms with E-state index in [9.17, 15) is 4.39 Å². The van der Waals surface area contributed by atoms with Crippen LogP contribution in [0.2, 0.25) is 0 Å². The van der Waals surface area contributed by atoms with Gasteiger partial charge >= 0.3 is 0 Å². The molecule has 0 atom stereocenters. The molecule has 0 aliphatic rings. The van der Waals surface area contributed by atoms with E-state index in [0.29, 0.717) is 18.1 Å². The fraction of sp³-hybridized carbons (Fsp3) is 0.214. The van der Waals surface area contributed by atoms with Gasteiger partial charge in [0.05, 0.1) is 11.6 Å². The maximum absolute atomic E-state index is 13.8. The normalized spacial score (nSPS) is 10.0. The molecule has 0 amide bonds. The van der Waals surface area contributed by atoms with Crippen LogP contribution in [0, 0.1) is 17.1 Å². The summed E-state index contributed by atoms with van der Waals surface area (Å²) in [6.45, 7) is 1.99. The van der Waals surface area contributed by atoms with E-state index in [1.54, 1.807) is 0 Å². The third-order valence-corrected chi connectivity index (χ3v) is 2.65. The van der Waals surface area contributed by atoms with Gasteiger partial charge in [-0.05, 0) is 24.6 Å². The molecule has 0 fully saturated rings. The van der Waals surface area contributed by atoms with Gasteiger partial charge in [-0.3, -0.25) is 0 Å². The van der Waals surface area contributed by atoms with Crippen LogP contribution < -0.4 is 16.0 Å². The smallest absolute Gasteiger partial charge is 0.224 e. The second-order valence-corrected chi connectivity index (χ2v) is 4.26. The third-order valence-electron chi connectivity index (χ3n) is 2.65. The number of aromatic nitrogens is 2. The summed E-state index contributed by atoms with van der Waals surface area (Å²) in [6, 6.07) is 7.27. The molecule has 1 aromatic carbocycles. The standard InChI is InChI=1S/C14H14FN5O/c1-2-3-12-18-13(20-17)7-14(19-12)21-11-5-4-9(8-16)6-10(11)15/h4-7H,2-3,17H2,1H3,(H,18,19,20). The molecule has 0 radical (unpaired) electrons. The average molecular weight is 287 g/mol. The van der Waals surface area contributed by atoms with Crippen molar-refractivity contribution in [1.82, 2.24) is 9.97 Å². The maximum atomic E-state index is 13.8. The monoisotopic (exact) mass is 287 g/mol. The van der Waals surface area contributed by atoms with Crippen molar-refractivity contribution in [3.63, 3.8) is 0 Å². The summed E-state index contributed by atoms with van der Waals surface area (Å²) in [6.07, 6.45) is 1.51. The number of benzene rings is 1. The summed E-state index contributed by atoms with van der Waals surface area (Å²) < 4.78 is 19.2. The lowest BCUT2D eigenvalue weighted by Crippen LogP contribution is -2.11. The highest BCUT2D eigenvalue weighted by molar-refractivity contribution is 5.41. The van der Waals surface area contributed by atoms with Gasteiger partial charge in [0.15, 0.2) is 11.6 Å². The molecule has 7 heteroatoms. The lowest BCUT2D eigenvalue weighted by molar-refractivity contribution is 0.424. The highest BCUT2D eigenvalue weighted by Crippen LogP contribution is 2.25. The Balaban J connectivity index is 2.30. The number of aryl methyl sites for hydroxylation is 1. The molecule has 3 N–H and O–H groups in total. The molecule has 1 heterocycles. The van der Waals surface area contributed by atoms with E-state index in [1.165, 1.54) is 18.2 Å². The Hall–Kier alpha value is -2.72. The summed E-state index contributed by atoms with van der Waals surface area (Å²) in [5.74, 6) is 5.82. The number of nitrogen functional groups attached to an aromatic ring is 1. The minimum Gasteiger partial charge on any atom is -0.436 e. The maximum Gasteiger partial charge on any atom is 0.224 e. The highest BCUT2D eigenvalue weighted by atomic mass is 19.1. The van der Waals surface area contributed by atoms with Crippen molar-refractivity contribution in [2.75, 3.05) is 5.43 Å². The second-order valence-electron chi connectivity index (χ2n) is 4.26. The van der Waals surface area contributed by atoms with Gasteiger partial charge in [0.2, 0.25) is 5.88 Å². The summed E-state index contributed by atoms with van der Waals surface area (Å²) in [5.41, 5.74) is 2.64. The number of nitrogens with zero attached hydrogens (tertiary/aromatic N) is 3. The Labute approximate surface area is 121 Å². The van der Waals surface area contributed by atoms with Gasteiger partial charge in [0.1, 0.15) is 11.6 Å². The number of halogens is 1. The average Bonchev–Trinajstić information content (AvgIpc) is 2.49. The first-order valence-electron chi connectivity index (χ1n) is 6.38. The van der Waals surface area contributed by atoms with Crippen LogP contribution >= 0.6 is 0 Å². The van der Waals surface area contributed by atoms with Crippen molar-refractivity contribution in [2.45, 2.75) is 19.8 Å². The first-order valence-corrected chi connectivity index (χ1v) is 6.38. The molecule has 0 aliphatic carbocycles. The van der Waals surface area contributed by atoms with Crippen LogP contribution in [0.5, 0.6) is 11.6 Å². The lowest BCUT2D eigenvalue weighted by atomic mass is 10.2. The Kier molecular flexibility index (Phi) is 4.64. The molecule has 0 saturated carbocycles. The number of hydrazine groups is 1. The SMILES string of the molecule is CCCc1nc(NN)cc(Oc2ccc(C#N)cc2F)n1. The largest absolute Gasteiger partial charge is 0.436 e. The zero-order chi connectivity index (χ0) is 15.2. The molecule has 0 unspecified atom stereocenters. The zero-order valence-corrected chi connectivity index (χ0v) is 11.4. The summed E-state index contributed by atoms with van der Waals surface area (Å²) >= 11 is 0. The van der Waals surface area contributed by atoms with E-state index in [1.807, 2.05) is 13.0 Å². The number of ether oxygens (including phenoxy) is 1. The van der Waals surface area contributed by atoms with Crippen molar-refractivity contribution in [1.29, 1.82) is 5.26 Å². The number of hydrogen-bond acceptors (Lipinski definition) is 6. The fourth-order valence-electron chi connectivity index (χ4n) is 1.70. The first kappa shape index (κ1) is 14.7. The van der Waals surface area contributed by atoms with Crippen molar-refractivity contribution >= 4 is 5.82 Å². The van der Waals surface area contributed by atoms with E-state index in [4.69, 9.17) is 15.8 Å². The molecule has 0 spiro atoms. The molecule has 6 nitrogen and oxygen atoms in total. The number of nitriles is 1. The van der Waals surface area contributed by atoms with Gasteiger partial charge in [-0.1, -0.05) is 6.92 Å². The van der Waals surface area contributed by atoms with Gasteiger partial charge in [-0.25, -0.2) is 15.2 Å². The minimum absolute atomic E-state index is 0.0156. The number of anilines is 1. The molecule has 1 aromatic heterocycles.